The predicted molar refractivity (Wildman–Crippen MR) is 63.2 cm³/mol. The van der Waals surface area contributed by atoms with Crippen LogP contribution < -0.4 is 5.73 Å². The molecule has 0 aliphatic rings. The minimum atomic E-state index is 0.294. The van der Waals surface area contributed by atoms with E-state index in [0.717, 1.165) is 17.7 Å². The molecule has 0 radical (unpaired) electrons. The zero-order valence-electron chi connectivity index (χ0n) is 9.28. The van der Waals surface area contributed by atoms with Crippen molar-refractivity contribution in [3.05, 3.63) is 11.8 Å². The lowest BCUT2D eigenvalue weighted by atomic mass is 10.1. The van der Waals surface area contributed by atoms with Crippen molar-refractivity contribution in [3.63, 3.8) is 0 Å². The van der Waals surface area contributed by atoms with Gasteiger partial charge in [0.2, 0.25) is 5.96 Å². The van der Waals surface area contributed by atoms with Crippen LogP contribution in [0, 0.1) is 0 Å². The molecule has 14 heavy (non-hydrogen) atoms. The molecule has 0 spiro atoms. The fourth-order valence-electron chi connectivity index (χ4n) is 0.899. The van der Waals surface area contributed by atoms with Crippen molar-refractivity contribution in [2.24, 2.45) is 20.7 Å². The second kappa shape index (κ2) is 7.00. The van der Waals surface area contributed by atoms with E-state index in [4.69, 9.17) is 5.73 Å². The van der Waals surface area contributed by atoms with Crippen LogP contribution in [0.15, 0.2) is 26.8 Å². The Kier molecular flexibility index (Phi) is 6.28. The molecule has 0 saturated heterocycles. The summed E-state index contributed by atoms with van der Waals surface area (Å²) in [6, 6.07) is 0. The minimum absolute atomic E-state index is 0.294. The van der Waals surface area contributed by atoms with Crippen LogP contribution in [-0.2, 0) is 0 Å². The van der Waals surface area contributed by atoms with Crippen molar-refractivity contribution >= 4 is 17.9 Å². The van der Waals surface area contributed by atoms with E-state index in [1.165, 1.54) is 0 Å². The Morgan fingerprint density at radius 3 is 2.50 bits per heavy atom. The standard InChI is InChI=1S/C10H18N4/c1-5-9(7-13-6-2)8(3)14-10(11)12-4/h6-7H,5H2,1-4H3,(H2,11,12)/b9-7+,13-6?,14-8?. The molecular formula is C10H18N4. The van der Waals surface area contributed by atoms with E-state index in [-0.39, 0.29) is 0 Å². The van der Waals surface area contributed by atoms with Crippen molar-refractivity contribution in [2.75, 3.05) is 7.05 Å². The third-order valence-corrected chi connectivity index (χ3v) is 1.74. The molecule has 0 aromatic carbocycles. The molecule has 0 saturated carbocycles. The molecule has 0 unspecified atom stereocenters. The average Bonchev–Trinajstić information content (AvgIpc) is 2.18. The molecular weight excluding hydrogens is 176 g/mol. The molecule has 78 valence electrons. The number of hydrogen-bond acceptors (Lipinski definition) is 2. The number of guanidine groups is 1. The molecule has 4 nitrogen and oxygen atoms in total. The fraction of sp³-hybridized carbons (Fsp3) is 0.500. The molecule has 4 heteroatoms. The largest absolute Gasteiger partial charge is 0.368 e. The first kappa shape index (κ1) is 12.6. The molecule has 0 aromatic rings. The molecule has 0 aliphatic carbocycles. The maximum Gasteiger partial charge on any atom is 0.215 e. The normalized spacial score (nSPS) is 15.3. The molecule has 2 N–H and O–H groups in total. The van der Waals surface area contributed by atoms with E-state index in [1.807, 2.05) is 13.8 Å². The zero-order chi connectivity index (χ0) is 11.0. The second-order valence-electron chi connectivity index (χ2n) is 2.69. The van der Waals surface area contributed by atoms with Crippen LogP contribution >= 0.6 is 0 Å². The predicted octanol–water partition coefficient (Wildman–Crippen LogP) is 1.78. The average molecular weight is 194 g/mol. The van der Waals surface area contributed by atoms with Gasteiger partial charge in [-0.1, -0.05) is 6.92 Å². The van der Waals surface area contributed by atoms with Crippen molar-refractivity contribution in [1.29, 1.82) is 0 Å². The Balaban J connectivity index is 4.78. The summed E-state index contributed by atoms with van der Waals surface area (Å²) in [7, 11) is 1.62. The first-order valence-electron chi connectivity index (χ1n) is 4.60. The van der Waals surface area contributed by atoms with E-state index in [0.29, 0.717) is 5.96 Å². The number of rotatable bonds is 3. The molecule has 0 aromatic heterocycles. The maximum atomic E-state index is 5.49. The van der Waals surface area contributed by atoms with Gasteiger partial charge >= 0.3 is 0 Å². The van der Waals surface area contributed by atoms with Gasteiger partial charge in [-0.05, 0) is 25.8 Å². The molecule has 0 heterocycles. The van der Waals surface area contributed by atoms with E-state index in [9.17, 15) is 0 Å². The van der Waals surface area contributed by atoms with Gasteiger partial charge in [-0.25, -0.2) is 4.99 Å². The lowest BCUT2D eigenvalue weighted by molar-refractivity contribution is 1.15. The highest BCUT2D eigenvalue weighted by atomic mass is 15.0. The number of hydrogen-bond donors (Lipinski definition) is 1. The Hall–Kier alpha value is -1.45. The minimum Gasteiger partial charge on any atom is -0.368 e. The summed E-state index contributed by atoms with van der Waals surface area (Å²) in [5, 5.41) is 0. The summed E-state index contributed by atoms with van der Waals surface area (Å²) in [6.45, 7) is 5.83. The SMILES string of the molecule is CC=N/C=C(\CC)C(C)=NC(N)=NC. The summed E-state index contributed by atoms with van der Waals surface area (Å²) in [5.74, 6) is 0.294. The van der Waals surface area contributed by atoms with E-state index >= 15 is 0 Å². The van der Waals surface area contributed by atoms with Crippen molar-refractivity contribution in [2.45, 2.75) is 27.2 Å². The highest BCUT2D eigenvalue weighted by Crippen LogP contribution is 2.03. The monoisotopic (exact) mass is 194 g/mol. The van der Waals surface area contributed by atoms with Crippen molar-refractivity contribution in [3.8, 4) is 0 Å². The van der Waals surface area contributed by atoms with E-state index in [1.54, 1.807) is 19.5 Å². The summed E-state index contributed by atoms with van der Waals surface area (Å²) in [6.07, 6.45) is 4.41. The van der Waals surface area contributed by atoms with Gasteiger partial charge in [-0.2, -0.15) is 0 Å². The van der Waals surface area contributed by atoms with Gasteiger partial charge in [-0.3, -0.25) is 9.98 Å². The fourth-order valence-corrected chi connectivity index (χ4v) is 0.899. The van der Waals surface area contributed by atoms with Crippen molar-refractivity contribution in [1.82, 2.24) is 0 Å². The van der Waals surface area contributed by atoms with Crippen LogP contribution in [0.1, 0.15) is 27.2 Å². The third-order valence-electron chi connectivity index (χ3n) is 1.74. The van der Waals surface area contributed by atoms with Crippen LogP contribution in [0.5, 0.6) is 0 Å². The number of nitrogens with two attached hydrogens (primary N) is 1. The third kappa shape index (κ3) is 4.54. The maximum absolute atomic E-state index is 5.49. The quantitative estimate of drug-likeness (QED) is 0.540. The van der Waals surface area contributed by atoms with Crippen LogP contribution in [0.2, 0.25) is 0 Å². The zero-order valence-corrected chi connectivity index (χ0v) is 9.28. The van der Waals surface area contributed by atoms with E-state index in [2.05, 4.69) is 21.9 Å². The summed E-state index contributed by atoms with van der Waals surface area (Å²) in [4.78, 5) is 11.9. The Morgan fingerprint density at radius 1 is 1.43 bits per heavy atom. The van der Waals surface area contributed by atoms with Crippen molar-refractivity contribution < 1.29 is 0 Å². The Bertz CT molecular complexity index is 284. The van der Waals surface area contributed by atoms with Gasteiger partial charge in [-0.15, -0.1) is 0 Å². The molecule has 0 bridgehead atoms. The van der Waals surface area contributed by atoms with Crippen LogP contribution in [0.25, 0.3) is 0 Å². The van der Waals surface area contributed by atoms with Gasteiger partial charge in [0, 0.05) is 25.2 Å². The lowest BCUT2D eigenvalue weighted by Crippen LogP contribution is -2.11. The second-order valence-corrected chi connectivity index (χ2v) is 2.69. The number of nitrogens with zero attached hydrogens (tertiary/aromatic N) is 3. The van der Waals surface area contributed by atoms with Gasteiger partial charge in [0.15, 0.2) is 0 Å². The molecule has 0 aliphatic heterocycles. The summed E-state index contributed by atoms with van der Waals surface area (Å²) in [5.41, 5.74) is 7.42. The summed E-state index contributed by atoms with van der Waals surface area (Å²) < 4.78 is 0. The molecule has 0 fully saturated rings. The number of aliphatic imine (C=N–C) groups is 3. The molecule has 0 atom stereocenters. The van der Waals surface area contributed by atoms with Gasteiger partial charge in [0.25, 0.3) is 0 Å². The van der Waals surface area contributed by atoms with E-state index < -0.39 is 0 Å². The molecule has 0 rings (SSSR count). The Labute approximate surface area is 85.4 Å². The lowest BCUT2D eigenvalue weighted by Gasteiger charge is -2.01. The van der Waals surface area contributed by atoms with Gasteiger partial charge in [0.05, 0.1) is 0 Å². The number of allylic oxidation sites excluding steroid dienone is 1. The van der Waals surface area contributed by atoms with Crippen LogP contribution in [0.3, 0.4) is 0 Å². The van der Waals surface area contributed by atoms with Gasteiger partial charge < -0.3 is 5.73 Å². The Morgan fingerprint density at radius 2 is 2.07 bits per heavy atom. The first-order chi connectivity index (χ1) is 6.65. The summed E-state index contributed by atoms with van der Waals surface area (Å²) >= 11 is 0. The van der Waals surface area contributed by atoms with Crippen LogP contribution in [-0.4, -0.2) is 24.9 Å². The highest BCUT2D eigenvalue weighted by molar-refractivity contribution is 6.05. The smallest absolute Gasteiger partial charge is 0.215 e. The van der Waals surface area contributed by atoms with Crippen LogP contribution in [0.4, 0.5) is 0 Å². The highest BCUT2D eigenvalue weighted by Gasteiger charge is 1.98. The topological polar surface area (TPSA) is 63.1 Å². The molecule has 0 amide bonds. The first-order valence-corrected chi connectivity index (χ1v) is 4.60. The van der Waals surface area contributed by atoms with Gasteiger partial charge in [0.1, 0.15) is 0 Å².